The summed E-state index contributed by atoms with van der Waals surface area (Å²) in [5.74, 6) is 1.54. The molecule has 36 heavy (non-hydrogen) atoms. The van der Waals surface area contributed by atoms with E-state index in [-0.39, 0.29) is 5.91 Å². The summed E-state index contributed by atoms with van der Waals surface area (Å²) in [6.07, 6.45) is 3.76. The number of rotatable bonds is 4. The van der Waals surface area contributed by atoms with Gasteiger partial charge in [0.15, 0.2) is 11.6 Å². The van der Waals surface area contributed by atoms with Gasteiger partial charge in [0, 0.05) is 57.6 Å². The third-order valence-corrected chi connectivity index (χ3v) is 6.77. The Kier molecular flexibility index (Phi) is 5.73. The van der Waals surface area contributed by atoms with Crippen LogP contribution < -0.4 is 9.80 Å². The molecule has 5 heterocycles. The highest BCUT2D eigenvalue weighted by atomic mass is 16.5. The molecule has 4 aromatic rings. The van der Waals surface area contributed by atoms with Crippen LogP contribution in [0.2, 0.25) is 0 Å². The van der Waals surface area contributed by atoms with Crippen molar-refractivity contribution < 1.29 is 9.53 Å². The fourth-order valence-corrected chi connectivity index (χ4v) is 4.66. The Labute approximate surface area is 209 Å². The molecule has 10 heteroatoms. The first-order chi connectivity index (χ1) is 17.5. The summed E-state index contributed by atoms with van der Waals surface area (Å²) in [5, 5.41) is 4.54. The normalized spacial score (nSPS) is 16.7. The number of nitrogens with zero attached hydrogens (tertiary/aromatic N) is 8. The van der Waals surface area contributed by atoms with E-state index in [0.29, 0.717) is 32.1 Å². The molecule has 10 nitrogen and oxygen atoms in total. The van der Waals surface area contributed by atoms with E-state index < -0.39 is 0 Å². The Morgan fingerprint density at radius 2 is 1.75 bits per heavy atom. The van der Waals surface area contributed by atoms with Crippen molar-refractivity contribution in [3.8, 4) is 22.6 Å². The van der Waals surface area contributed by atoms with Gasteiger partial charge in [-0.25, -0.2) is 15.0 Å². The number of ether oxygens (including phenoxy) is 1. The van der Waals surface area contributed by atoms with Gasteiger partial charge in [-0.1, -0.05) is 18.2 Å². The van der Waals surface area contributed by atoms with Crippen molar-refractivity contribution in [2.75, 3.05) is 62.8 Å². The Morgan fingerprint density at radius 1 is 0.917 bits per heavy atom. The minimum absolute atomic E-state index is 0.102. The van der Waals surface area contributed by atoms with Gasteiger partial charge in [0.2, 0.25) is 5.91 Å². The largest absolute Gasteiger partial charge is 0.378 e. The topological polar surface area (TPSA) is 92.5 Å². The molecule has 0 N–H and O–H groups in total. The van der Waals surface area contributed by atoms with Gasteiger partial charge in [0.1, 0.15) is 5.52 Å². The van der Waals surface area contributed by atoms with Crippen LogP contribution in [0.1, 0.15) is 0 Å². The Morgan fingerprint density at radius 3 is 2.53 bits per heavy atom. The van der Waals surface area contributed by atoms with E-state index in [4.69, 9.17) is 19.7 Å². The lowest BCUT2D eigenvalue weighted by molar-refractivity contribution is -0.129. The van der Waals surface area contributed by atoms with Crippen molar-refractivity contribution in [2.24, 2.45) is 7.05 Å². The van der Waals surface area contributed by atoms with Crippen LogP contribution in [0.5, 0.6) is 0 Å². The number of piperazine rings is 1. The van der Waals surface area contributed by atoms with Gasteiger partial charge in [-0.3, -0.25) is 9.48 Å². The van der Waals surface area contributed by atoms with Gasteiger partial charge in [-0.2, -0.15) is 5.10 Å². The summed E-state index contributed by atoms with van der Waals surface area (Å²) in [6.45, 7) is 4.58. The number of fused-ring (bicyclic) bond motifs is 1. The fourth-order valence-electron chi connectivity index (χ4n) is 4.66. The van der Waals surface area contributed by atoms with Gasteiger partial charge < -0.3 is 19.4 Å². The third-order valence-electron chi connectivity index (χ3n) is 6.77. The molecule has 0 bridgehead atoms. The summed E-state index contributed by atoms with van der Waals surface area (Å²) in [6, 6.07) is 12.2. The second-order valence-electron chi connectivity index (χ2n) is 9.22. The molecule has 2 aliphatic heterocycles. The number of amides is 1. The highest BCUT2D eigenvalue weighted by Crippen LogP contribution is 2.31. The number of hydrogen-bond acceptors (Lipinski definition) is 8. The van der Waals surface area contributed by atoms with Gasteiger partial charge >= 0.3 is 0 Å². The van der Waals surface area contributed by atoms with Gasteiger partial charge in [0.05, 0.1) is 42.9 Å². The number of likely N-dealkylation sites (N-methyl/N-ethyl adjacent to an activating group) is 1. The molecule has 0 unspecified atom stereocenters. The summed E-state index contributed by atoms with van der Waals surface area (Å²) in [5.41, 5.74) is 5.22. The molecule has 0 radical (unpaired) electrons. The number of anilines is 2. The monoisotopic (exact) mass is 484 g/mol. The van der Waals surface area contributed by atoms with E-state index >= 15 is 0 Å². The summed E-state index contributed by atoms with van der Waals surface area (Å²) < 4.78 is 7.37. The average molecular weight is 485 g/mol. The van der Waals surface area contributed by atoms with Crippen molar-refractivity contribution in [1.29, 1.82) is 0 Å². The van der Waals surface area contributed by atoms with Crippen LogP contribution in [0.15, 0.2) is 48.8 Å². The molecule has 0 aliphatic carbocycles. The maximum atomic E-state index is 12.3. The number of hydrogen-bond donors (Lipinski definition) is 0. The fraction of sp³-hybridized carbons (Fsp3) is 0.346. The zero-order valence-corrected chi connectivity index (χ0v) is 20.5. The highest BCUT2D eigenvalue weighted by Gasteiger charge is 2.24. The molecule has 1 aromatic carbocycles. The molecule has 2 saturated heterocycles. The van der Waals surface area contributed by atoms with E-state index in [9.17, 15) is 4.79 Å². The maximum Gasteiger partial charge on any atom is 0.241 e. The Balaban J connectivity index is 1.45. The van der Waals surface area contributed by atoms with E-state index in [1.807, 2.05) is 56.8 Å². The second-order valence-corrected chi connectivity index (χ2v) is 9.22. The van der Waals surface area contributed by atoms with Crippen LogP contribution >= 0.6 is 0 Å². The lowest BCUT2D eigenvalue weighted by atomic mass is 10.1. The third kappa shape index (κ3) is 4.24. The van der Waals surface area contributed by atoms with Crippen molar-refractivity contribution in [3.63, 3.8) is 0 Å². The van der Waals surface area contributed by atoms with E-state index in [0.717, 1.165) is 59.0 Å². The van der Waals surface area contributed by atoms with Gasteiger partial charge in [0.25, 0.3) is 0 Å². The van der Waals surface area contributed by atoms with Crippen molar-refractivity contribution in [2.45, 2.75) is 0 Å². The smallest absolute Gasteiger partial charge is 0.241 e. The van der Waals surface area contributed by atoms with Crippen LogP contribution in [0.3, 0.4) is 0 Å². The van der Waals surface area contributed by atoms with Crippen molar-refractivity contribution >= 4 is 28.4 Å². The Bertz CT molecular complexity index is 1430. The SMILES string of the molecule is CN1CCN(c2cnc3c(N4CCOCC4)nc(-c4cccc(-c5ccn(C)n5)c4)nc3c2)CC1=O. The molecule has 6 rings (SSSR count). The number of carbonyl (C=O) groups is 1. The van der Waals surface area contributed by atoms with Crippen LogP contribution in [0.25, 0.3) is 33.7 Å². The standard InChI is InChI=1S/C26H28N8O2/c1-31-8-9-34(17-23(31)35)20-15-22-24(27-16-20)26(33-10-12-36-13-11-33)29-25(28-22)19-5-3-4-18(14-19)21-6-7-32(2)30-21/h3-7,14-16H,8-13,17H2,1-2H3. The lowest BCUT2D eigenvalue weighted by Gasteiger charge is -2.33. The van der Waals surface area contributed by atoms with Gasteiger partial charge in [-0.05, 0) is 18.2 Å². The molecule has 2 fully saturated rings. The lowest BCUT2D eigenvalue weighted by Crippen LogP contribution is -2.48. The number of pyridine rings is 1. The minimum Gasteiger partial charge on any atom is -0.378 e. The first-order valence-corrected chi connectivity index (χ1v) is 12.1. The molecule has 2 aliphatic rings. The predicted molar refractivity (Wildman–Crippen MR) is 138 cm³/mol. The van der Waals surface area contributed by atoms with E-state index in [1.54, 1.807) is 9.58 Å². The first-order valence-electron chi connectivity index (χ1n) is 12.1. The summed E-state index contributed by atoms with van der Waals surface area (Å²) in [4.78, 5) is 33.1. The van der Waals surface area contributed by atoms with Crippen molar-refractivity contribution in [1.82, 2.24) is 29.6 Å². The minimum atomic E-state index is 0.102. The highest BCUT2D eigenvalue weighted by molar-refractivity contribution is 5.90. The maximum absolute atomic E-state index is 12.3. The molecule has 0 spiro atoms. The molecule has 0 atom stereocenters. The predicted octanol–water partition coefficient (Wildman–Crippen LogP) is 2.21. The molecule has 184 valence electrons. The number of morpholine rings is 1. The number of benzene rings is 1. The average Bonchev–Trinajstić information content (AvgIpc) is 3.36. The van der Waals surface area contributed by atoms with Crippen molar-refractivity contribution in [3.05, 3.63) is 48.8 Å². The Hall–Kier alpha value is -4.05. The van der Waals surface area contributed by atoms with Crippen LogP contribution in [0, 0.1) is 0 Å². The van der Waals surface area contributed by atoms with Crippen LogP contribution in [0.4, 0.5) is 11.5 Å². The molecular weight excluding hydrogens is 456 g/mol. The second kappa shape index (κ2) is 9.19. The number of aromatic nitrogens is 5. The van der Waals surface area contributed by atoms with E-state index in [2.05, 4.69) is 21.0 Å². The van der Waals surface area contributed by atoms with E-state index in [1.165, 1.54) is 0 Å². The number of carbonyl (C=O) groups excluding carboxylic acids is 1. The molecule has 3 aromatic heterocycles. The zero-order chi connectivity index (χ0) is 24.6. The summed E-state index contributed by atoms with van der Waals surface area (Å²) in [7, 11) is 3.75. The summed E-state index contributed by atoms with van der Waals surface area (Å²) >= 11 is 0. The number of aryl methyl sites for hydroxylation is 1. The van der Waals surface area contributed by atoms with Crippen LogP contribution in [-0.4, -0.2) is 88.5 Å². The molecule has 0 saturated carbocycles. The first kappa shape index (κ1) is 22.4. The molecule has 1 amide bonds. The van der Waals surface area contributed by atoms with Gasteiger partial charge in [-0.15, -0.1) is 0 Å². The quantitative estimate of drug-likeness (QED) is 0.435. The zero-order valence-electron chi connectivity index (χ0n) is 20.5. The molecular formula is C26H28N8O2. The van der Waals surface area contributed by atoms with Crippen LogP contribution in [-0.2, 0) is 16.6 Å².